The number of fused-ring (bicyclic) bond motifs is 1. The van der Waals surface area contributed by atoms with Crippen molar-refractivity contribution in [3.05, 3.63) is 76.3 Å². The van der Waals surface area contributed by atoms with Gasteiger partial charge in [-0.1, -0.05) is 18.2 Å². The zero-order valence-corrected chi connectivity index (χ0v) is 37.7. The Morgan fingerprint density at radius 3 is 2.39 bits per heavy atom. The lowest BCUT2D eigenvalue weighted by molar-refractivity contribution is -0.135. The van der Waals surface area contributed by atoms with E-state index in [1.54, 1.807) is 40.6 Å². The number of nitrogens with zero attached hydrogens (tertiary/aromatic N) is 7. The van der Waals surface area contributed by atoms with Crippen LogP contribution in [0, 0.1) is 23.2 Å². The number of carbonyl (C=O) groups excluding carboxylic acids is 3. The second-order valence-corrected chi connectivity index (χ2v) is 19.3. The molecule has 3 aromatic heterocycles. The first kappa shape index (κ1) is 45.4. The van der Waals surface area contributed by atoms with Crippen molar-refractivity contribution < 1.29 is 27.6 Å². The van der Waals surface area contributed by atoms with E-state index >= 15 is 0 Å². The number of nitrogens with two attached hydrogens (primary N) is 1. The summed E-state index contributed by atoms with van der Waals surface area (Å²) in [6.07, 6.45) is 13.6. The first-order valence-corrected chi connectivity index (χ1v) is 23.7. The lowest BCUT2D eigenvalue weighted by Gasteiger charge is -2.47. The van der Waals surface area contributed by atoms with Crippen molar-refractivity contribution in [1.29, 1.82) is 0 Å². The predicted molar refractivity (Wildman–Crippen MR) is 245 cm³/mol. The van der Waals surface area contributed by atoms with E-state index in [-0.39, 0.29) is 41.2 Å². The number of hydrogen-bond acceptors (Lipinski definition) is 12. The van der Waals surface area contributed by atoms with Gasteiger partial charge in [0.05, 0.1) is 16.7 Å². The molecule has 1 aromatic carbocycles. The number of piperidine rings is 3. The maximum absolute atomic E-state index is 14.1. The number of benzene rings is 1. The second kappa shape index (κ2) is 19.6. The van der Waals surface area contributed by atoms with Gasteiger partial charge in [0.1, 0.15) is 23.8 Å². The summed E-state index contributed by atoms with van der Waals surface area (Å²) < 4.78 is 37.0. The van der Waals surface area contributed by atoms with Gasteiger partial charge in [-0.25, -0.2) is 23.5 Å². The van der Waals surface area contributed by atoms with Crippen LogP contribution in [0.15, 0.2) is 68.9 Å². The number of amides is 3. The normalized spacial score (nSPS) is 23.4. The number of oxazole rings is 1. The fourth-order valence-electron chi connectivity index (χ4n) is 10.7. The van der Waals surface area contributed by atoms with Crippen LogP contribution in [-0.4, -0.2) is 98.0 Å². The summed E-state index contributed by atoms with van der Waals surface area (Å²) >= 11 is 0. The molecule has 1 spiro atoms. The van der Waals surface area contributed by atoms with E-state index in [4.69, 9.17) is 10.3 Å². The SMILES string of the molecule is Cn1c(=O)n(C2CCC(=O)NC2=O)c2cccc(CN3CCC4(CC3)CCN(C[C@H]3CC[C@H](C/C=C(NC(=O)c5coc(-c6ccnc(NCC7CC7)c6)n5)\C(=N/N)C(F)F)CC3)CC4)c21. The van der Waals surface area contributed by atoms with Gasteiger partial charge < -0.3 is 25.8 Å². The number of aryl methyl sites for hydroxylation is 1. The predicted octanol–water partition coefficient (Wildman–Crippen LogP) is 5.96. The van der Waals surface area contributed by atoms with Gasteiger partial charge in [-0.05, 0) is 150 Å². The summed E-state index contributed by atoms with van der Waals surface area (Å²) in [5.41, 5.74) is 2.51. The van der Waals surface area contributed by atoms with Crippen molar-refractivity contribution >= 4 is 40.3 Å². The Hall–Kier alpha value is -5.75. The molecule has 3 amide bonds. The molecule has 1 unspecified atom stereocenters. The topological polar surface area (TPSA) is 198 Å². The molecule has 16 nitrogen and oxygen atoms in total. The Morgan fingerprint density at radius 2 is 1.70 bits per heavy atom. The average molecular weight is 910 g/mol. The van der Waals surface area contributed by atoms with Gasteiger partial charge in [0.15, 0.2) is 5.69 Å². The van der Waals surface area contributed by atoms with Gasteiger partial charge in [0.2, 0.25) is 17.7 Å². The van der Waals surface area contributed by atoms with Crippen molar-refractivity contribution in [3.8, 4) is 11.5 Å². The monoisotopic (exact) mass is 909 g/mol. The molecular weight excluding hydrogens is 849 g/mol. The van der Waals surface area contributed by atoms with E-state index < -0.39 is 30.0 Å². The molecule has 5 N–H and O–H groups in total. The summed E-state index contributed by atoms with van der Waals surface area (Å²) in [5.74, 6) is 6.42. The highest BCUT2D eigenvalue weighted by Gasteiger charge is 2.39. The summed E-state index contributed by atoms with van der Waals surface area (Å²) in [6.45, 7) is 6.79. The van der Waals surface area contributed by atoms with Crippen molar-refractivity contribution in [2.75, 3.05) is 44.6 Å². The molecular formula is C48H61F2N11O5. The molecule has 2 aliphatic carbocycles. The van der Waals surface area contributed by atoms with Gasteiger partial charge in [0.25, 0.3) is 12.3 Å². The Kier molecular flexibility index (Phi) is 13.5. The number of anilines is 1. The molecule has 0 radical (unpaired) electrons. The number of allylic oxidation sites excluding steroid dienone is 2. The molecule has 4 aromatic rings. The highest BCUT2D eigenvalue weighted by molar-refractivity contribution is 6.07. The number of hydrogen-bond donors (Lipinski definition) is 4. The lowest BCUT2D eigenvalue weighted by atomic mass is 9.71. The van der Waals surface area contributed by atoms with Crippen LogP contribution in [0.5, 0.6) is 0 Å². The van der Waals surface area contributed by atoms with E-state index in [1.807, 2.05) is 12.1 Å². The molecule has 2 saturated carbocycles. The molecule has 5 aliphatic rings. The van der Waals surface area contributed by atoms with Crippen molar-refractivity contribution in [2.24, 2.45) is 41.2 Å². The minimum Gasteiger partial charge on any atom is -0.444 e. The standard InChI is InChI=1S/C48H61F2N11O5/c1-58-42-34(3-2-4-37(42)61(47(58)65)38-13-14-40(62)56-45(38)64)28-60-23-18-48(19-24-60)16-21-59(22-17-48)27-32-9-5-30(6-10-32)11-12-35(41(57-51)43(49)50)54-44(63)36-29-66-46(55-36)33-15-20-52-39(25-33)53-26-31-7-8-31/h2-4,12,15,20,25,29-32,38,43H,5-11,13-14,16-19,21-24,26-28,51H2,1H3,(H,52,53)(H,54,63)(H,56,62,64)/b35-12+,57-41+/t30-,32-,38?. The van der Waals surface area contributed by atoms with Crippen LogP contribution in [0.2, 0.25) is 0 Å². The van der Waals surface area contributed by atoms with Crippen LogP contribution in [0.4, 0.5) is 14.6 Å². The average Bonchev–Trinajstić information content (AvgIpc) is 3.95. The molecule has 5 fully saturated rings. The number of pyridine rings is 1. The first-order chi connectivity index (χ1) is 32.0. The van der Waals surface area contributed by atoms with Crippen LogP contribution in [0.3, 0.4) is 0 Å². The van der Waals surface area contributed by atoms with Crippen LogP contribution < -0.4 is 27.5 Å². The highest BCUT2D eigenvalue weighted by Crippen LogP contribution is 2.43. The number of alkyl halides is 2. The molecule has 18 heteroatoms. The highest BCUT2D eigenvalue weighted by atomic mass is 19.3. The fourth-order valence-corrected chi connectivity index (χ4v) is 10.7. The molecule has 1 atom stereocenters. The number of carbonyl (C=O) groups is 3. The zero-order valence-electron chi connectivity index (χ0n) is 37.7. The number of rotatable bonds is 15. The van der Waals surface area contributed by atoms with Crippen LogP contribution in [0.25, 0.3) is 22.5 Å². The maximum Gasteiger partial charge on any atom is 0.329 e. The number of hydrazone groups is 1. The molecule has 352 valence electrons. The third-order valence-electron chi connectivity index (χ3n) is 15.0. The van der Waals surface area contributed by atoms with E-state index in [0.717, 1.165) is 101 Å². The molecule has 66 heavy (non-hydrogen) atoms. The summed E-state index contributed by atoms with van der Waals surface area (Å²) in [5, 5.41) is 11.6. The smallest absolute Gasteiger partial charge is 0.329 e. The van der Waals surface area contributed by atoms with Crippen LogP contribution in [0.1, 0.15) is 106 Å². The first-order valence-electron chi connectivity index (χ1n) is 23.7. The second-order valence-electron chi connectivity index (χ2n) is 19.3. The minimum atomic E-state index is -2.98. The van der Waals surface area contributed by atoms with Crippen molar-refractivity contribution in [1.82, 2.24) is 39.5 Å². The Morgan fingerprint density at radius 1 is 0.985 bits per heavy atom. The van der Waals surface area contributed by atoms with Gasteiger partial charge in [-0.15, -0.1) is 0 Å². The molecule has 3 aliphatic heterocycles. The van der Waals surface area contributed by atoms with E-state index in [9.17, 15) is 28.0 Å². The van der Waals surface area contributed by atoms with Crippen LogP contribution in [-0.2, 0) is 23.2 Å². The van der Waals surface area contributed by atoms with Gasteiger partial charge in [0, 0.05) is 44.9 Å². The van der Waals surface area contributed by atoms with Gasteiger partial charge in [-0.3, -0.25) is 33.7 Å². The Balaban J connectivity index is 0.732. The number of imidazole rings is 1. The zero-order chi connectivity index (χ0) is 46.0. The largest absolute Gasteiger partial charge is 0.444 e. The number of para-hydroxylation sites is 1. The number of likely N-dealkylation sites (tertiary alicyclic amines) is 2. The van der Waals surface area contributed by atoms with Gasteiger partial charge >= 0.3 is 5.69 Å². The van der Waals surface area contributed by atoms with E-state index in [0.29, 0.717) is 41.5 Å². The fraction of sp³-hybridized carbons (Fsp3) is 0.562. The quantitative estimate of drug-likeness (QED) is 0.0476. The number of imide groups is 1. The molecule has 3 saturated heterocycles. The molecule has 6 heterocycles. The number of nitrogens with one attached hydrogen (secondary N) is 3. The van der Waals surface area contributed by atoms with E-state index in [1.165, 1.54) is 31.9 Å². The Labute approximate surface area is 382 Å². The van der Waals surface area contributed by atoms with E-state index in [2.05, 4.69) is 46.9 Å². The number of halogens is 2. The van der Waals surface area contributed by atoms with Crippen molar-refractivity contribution in [3.63, 3.8) is 0 Å². The Bertz CT molecular complexity index is 2540. The lowest BCUT2D eigenvalue weighted by Crippen LogP contribution is -2.47. The maximum atomic E-state index is 14.1. The minimum absolute atomic E-state index is 0.0538. The van der Waals surface area contributed by atoms with Crippen LogP contribution >= 0.6 is 0 Å². The summed E-state index contributed by atoms with van der Waals surface area (Å²) in [6, 6.07) is 8.74. The number of aromatic nitrogens is 4. The van der Waals surface area contributed by atoms with Crippen molar-refractivity contribution in [2.45, 2.75) is 102 Å². The third-order valence-corrected chi connectivity index (χ3v) is 15.0. The molecule has 9 rings (SSSR count). The summed E-state index contributed by atoms with van der Waals surface area (Å²) in [7, 11) is 1.76. The van der Waals surface area contributed by atoms with Gasteiger partial charge in [-0.2, -0.15) is 5.10 Å². The molecule has 0 bridgehead atoms. The summed E-state index contributed by atoms with van der Waals surface area (Å²) in [4.78, 5) is 65.1. The third kappa shape index (κ3) is 10.1.